The number of amides is 2. The van der Waals surface area contributed by atoms with Crippen molar-refractivity contribution < 1.29 is 29.0 Å². The molecular formula is C12H16N2O6S2. The summed E-state index contributed by atoms with van der Waals surface area (Å²) in [5, 5.41) is 13.6. The van der Waals surface area contributed by atoms with Crippen LogP contribution >= 0.6 is 21.6 Å². The Morgan fingerprint density at radius 2 is 1.64 bits per heavy atom. The van der Waals surface area contributed by atoms with Crippen LogP contribution in [0.25, 0.3) is 0 Å². The molecule has 122 valence electrons. The normalized spacial score (nSPS) is 12.4. The van der Waals surface area contributed by atoms with Crippen LogP contribution in [0.2, 0.25) is 0 Å². The van der Waals surface area contributed by atoms with Crippen molar-refractivity contribution in [1.29, 1.82) is 0 Å². The summed E-state index contributed by atoms with van der Waals surface area (Å²) in [6.07, 6.45) is 1.16. The summed E-state index contributed by atoms with van der Waals surface area (Å²) in [6.45, 7) is 6.70. The van der Waals surface area contributed by atoms with Crippen molar-refractivity contribution in [3.05, 3.63) is 25.3 Å². The molecular weight excluding hydrogens is 332 g/mol. The van der Waals surface area contributed by atoms with E-state index in [4.69, 9.17) is 5.11 Å². The zero-order valence-corrected chi connectivity index (χ0v) is 13.2. The van der Waals surface area contributed by atoms with Crippen molar-refractivity contribution in [1.82, 2.24) is 10.6 Å². The van der Waals surface area contributed by atoms with Gasteiger partial charge in [-0.25, -0.2) is 4.79 Å². The molecule has 2 amide bonds. The van der Waals surface area contributed by atoms with Crippen LogP contribution in [-0.2, 0) is 23.9 Å². The molecule has 2 unspecified atom stereocenters. The third-order valence-electron chi connectivity index (χ3n) is 2.05. The number of ether oxygens (including phenoxy) is 1. The summed E-state index contributed by atoms with van der Waals surface area (Å²) in [5.41, 5.74) is 0. The number of hydrogen-bond donors (Lipinski definition) is 3. The van der Waals surface area contributed by atoms with E-state index >= 15 is 0 Å². The summed E-state index contributed by atoms with van der Waals surface area (Å²) in [7, 11) is 2.32. The monoisotopic (exact) mass is 348 g/mol. The van der Waals surface area contributed by atoms with Crippen LogP contribution < -0.4 is 10.6 Å². The Hall–Kier alpha value is -1.94. The minimum Gasteiger partial charge on any atom is -0.480 e. The molecule has 0 aromatic carbocycles. The molecule has 0 aromatic rings. The van der Waals surface area contributed by atoms with Crippen LogP contribution in [0.3, 0.4) is 0 Å². The average molecular weight is 348 g/mol. The van der Waals surface area contributed by atoms with Crippen molar-refractivity contribution in [2.24, 2.45) is 0 Å². The zero-order valence-electron chi connectivity index (χ0n) is 11.5. The highest BCUT2D eigenvalue weighted by Crippen LogP contribution is 2.23. The number of carboxylic acids is 1. The molecule has 0 spiro atoms. The third-order valence-corrected chi connectivity index (χ3v) is 4.44. The second-order valence-electron chi connectivity index (χ2n) is 3.61. The summed E-state index contributed by atoms with van der Waals surface area (Å²) >= 11 is 0. The number of carbonyl (C=O) groups is 4. The number of carboxylic acid groups (broad SMARTS) is 1. The van der Waals surface area contributed by atoms with Gasteiger partial charge in [0, 0.05) is 5.75 Å². The molecule has 8 nitrogen and oxygen atoms in total. The molecule has 0 aliphatic carbocycles. The molecule has 0 fully saturated rings. The lowest BCUT2D eigenvalue weighted by Crippen LogP contribution is -2.41. The molecule has 0 bridgehead atoms. The van der Waals surface area contributed by atoms with Crippen LogP contribution in [0, 0.1) is 0 Å². The zero-order chi connectivity index (χ0) is 17.0. The fourth-order valence-corrected chi connectivity index (χ4v) is 3.23. The minimum atomic E-state index is -1.18. The fourth-order valence-electron chi connectivity index (χ4n) is 1.03. The molecule has 0 radical (unpaired) electrons. The van der Waals surface area contributed by atoms with E-state index in [9.17, 15) is 19.2 Å². The predicted molar refractivity (Wildman–Crippen MR) is 84.0 cm³/mol. The van der Waals surface area contributed by atoms with Gasteiger partial charge in [-0.15, -0.1) is 0 Å². The van der Waals surface area contributed by atoms with Crippen molar-refractivity contribution in [3.8, 4) is 0 Å². The van der Waals surface area contributed by atoms with E-state index in [1.165, 1.54) is 10.8 Å². The molecule has 0 aromatic heterocycles. The first kappa shape index (κ1) is 20.1. The Morgan fingerprint density at radius 3 is 2.14 bits per heavy atom. The van der Waals surface area contributed by atoms with Crippen molar-refractivity contribution >= 4 is 45.8 Å². The van der Waals surface area contributed by atoms with Gasteiger partial charge in [0.15, 0.2) is 6.23 Å². The Labute approximate surface area is 135 Å². The highest BCUT2D eigenvalue weighted by atomic mass is 33.1. The van der Waals surface area contributed by atoms with Gasteiger partial charge >= 0.3 is 5.97 Å². The average Bonchev–Trinajstić information content (AvgIpc) is 2.49. The molecule has 0 saturated carbocycles. The molecule has 0 aliphatic heterocycles. The second kappa shape index (κ2) is 11.7. The number of hydrogen-bond acceptors (Lipinski definition) is 7. The maximum atomic E-state index is 11.1. The first-order chi connectivity index (χ1) is 10.4. The van der Waals surface area contributed by atoms with Gasteiger partial charge in [-0.2, -0.15) is 0 Å². The van der Waals surface area contributed by atoms with Gasteiger partial charge in [0.1, 0.15) is 6.04 Å². The van der Waals surface area contributed by atoms with E-state index in [1.54, 1.807) is 0 Å². The Kier molecular flexibility index (Phi) is 10.7. The van der Waals surface area contributed by atoms with Gasteiger partial charge in [-0.1, -0.05) is 34.7 Å². The molecule has 0 saturated heterocycles. The molecule has 0 rings (SSSR count). The quantitative estimate of drug-likeness (QED) is 0.147. The lowest BCUT2D eigenvalue weighted by Gasteiger charge is -2.16. The van der Waals surface area contributed by atoms with Crippen LogP contribution in [-0.4, -0.2) is 53.1 Å². The molecule has 3 N–H and O–H groups in total. The lowest BCUT2D eigenvalue weighted by atomic mass is 10.3. The van der Waals surface area contributed by atoms with E-state index in [-0.39, 0.29) is 18.0 Å². The van der Waals surface area contributed by atoms with Gasteiger partial charge in [0.05, 0.1) is 5.75 Å². The second-order valence-corrected chi connectivity index (χ2v) is 6.16. The van der Waals surface area contributed by atoms with Crippen molar-refractivity contribution in [2.75, 3.05) is 11.5 Å². The van der Waals surface area contributed by atoms with E-state index < -0.39 is 30.1 Å². The third kappa shape index (κ3) is 9.08. The van der Waals surface area contributed by atoms with Crippen LogP contribution in [0.4, 0.5) is 0 Å². The maximum absolute atomic E-state index is 11.1. The lowest BCUT2D eigenvalue weighted by molar-refractivity contribution is -0.140. The standard InChI is InChI=1S/C12H16N2O6S2/c1-3-9(16)13-8(12(18)19)5-21-22-6-11(20-7-15)14-10(17)4-2/h3-4,7-8,11H,1-2,5-6H2,(H,13,16)(H,14,17)(H,18,19). The predicted octanol–water partition coefficient (Wildman–Crippen LogP) is -0.0755. The van der Waals surface area contributed by atoms with E-state index in [2.05, 4.69) is 28.5 Å². The van der Waals surface area contributed by atoms with E-state index in [1.807, 2.05) is 0 Å². The van der Waals surface area contributed by atoms with Crippen LogP contribution in [0.5, 0.6) is 0 Å². The van der Waals surface area contributed by atoms with E-state index in [0.717, 1.165) is 22.9 Å². The van der Waals surface area contributed by atoms with Gasteiger partial charge in [-0.05, 0) is 12.2 Å². The minimum absolute atomic E-state index is 0.0861. The number of rotatable bonds is 12. The molecule has 22 heavy (non-hydrogen) atoms. The number of nitrogens with one attached hydrogen (secondary N) is 2. The van der Waals surface area contributed by atoms with Crippen molar-refractivity contribution in [2.45, 2.75) is 12.3 Å². The first-order valence-corrected chi connectivity index (χ1v) is 8.35. The van der Waals surface area contributed by atoms with Gasteiger partial charge in [0.25, 0.3) is 6.47 Å². The van der Waals surface area contributed by atoms with Crippen molar-refractivity contribution in [3.63, 3.8) is 0 Å². The fraction of sp³-hybridized carbons (Fsp3) is 0.333. The van der Waals surface area contributed by atoms with Crippen LogP contribution in [0.1, 0.15) is 0 Å². The number of aliphatic carboxylic acids is 1. The molecule has 2 atom stereocenters. The highest BCUT2D eigenvalue weighted by molar-refractivity contribution is 8.76. The molecule has 0 aliphatic rings. The summed E-state index contributed by atoms with van der Waals surface area (Å²) < 4.78 is 4.66. The molecule has 10 heteroatoms. The Balaban J connectivity index is 4.22. The van der Waals surface area contributed by atoms with Gasteiger partial charge in [0.2, 0.25) is 11.8 Å². The largest absolute Gasteiger partial charge is 0.480 e. The number of carbonyl (C=O) groups excluding carboxylic acids is 3. The summed E-state index contributed by atoms with van der Waals surface area (Å²) in [5.74, 6) is -1.98. The Bertz CT molecular complexity index is 443. The van der Waals surface area contributed by atoms with E-state index in [0.29, 0.717) is 0 Å². The smallest absolute Gasteiger partial charge is 0.327 e. The maximum Gasteiger partial charge on any atom is 0.327 e. The Morgan fingerprint density at radius 1 is 1.09 bits per heavy atom. The SMILES string of the molecule is C=CC(=O)NC(CSSCC(NC(=O)C=C)C(=O)O)OC=O. The first-order valence-electron chi connectivity index (χ1n) is 5.86. The molecule has 0 heterocycles. The topological polar surface area (TPSA) is 122 Å². The highest BCUT2D eigenvalue weighted by Gasteiger charge is 2.19. The van der Waals surface area contributed by atoms with Gasteiger partial charge < -0.3 is 20.5 Å². The summed E-state index contributed by atoms with van der Waals surface area (Å²) in [6, 6.07) is -1.07. The van der Waals surface area contributed by atoms with Crippen LogP contribution in [0.15, 0.2) is 25.3 Å². The summed E-state index contributed by atoms with van der Waals surface area (Å²) in [4.78, 5) is 43.5. The van der Waals surface area contributed by atoms with Gasteiger partial charge in [-0.3, -0.25) is 14.4 Å².